The van der Waals surface area contributed by atoms with Crippen molar-refractivity contribution in [2.75, 3.05) is 13.1 Å². The summed E-state index contributed by atoms with van der Waals surface area (Å²) in [6.45, 7) is 7.98. The summed E-state index contributed by atoms with van der Waals surface area (Å²) in [5, 5.41) is 3.54. The summed E-state index contributed by atoms with van der Waals surface area (Å²) < 4.78 is 15.3. The maximum Gasteiger partial charge on any atom is 0.123 e. The van der Waals surface area contributed by atoms with Crippen LogP contribution in [0.4, 0.5) is 4.39 Å². The van der Waals surface area contributed by atoms with Crippen LogP contribution in [0.2, 0.25) is 0 Å². The number of halogens is 1. The Labute approximate surface area is 142 Å². The van der Waals surface area contributed by atoms with Gasteiger partial charge >= 0.3 is 0 Å². The smallest absolute Gasteiger partial charge is 0.123 e. The summed E-state index contributed by atoms with van der Waals surface area (Å²) in [7, 11) is 0. The molecule has 1 saturated heterocycles. The second-order valence-electron chi connectivity index (χ2n) is 6.88. The van der Waals surface area contributed by atoms with Crippen LogP contribution >= 0.6 is 0 Å². The van der Waals surface area contributed by atoms with Gasteiger partial charge in [0, 0.05) is 38.3 Å². The zero-order valence-corrected chi connectivity index (χ0v) is 14.3. The Morgan fingerprint density at radius 1 is 1.33 bits per heavy atom. The van der Waals surface area contributed by atoms with E-state index in [0.717, 1.165) is 31.7 Å². The fraction of sp³-hybridized carbons (Fsp3) is 0.500. The average molecular weight is 331 g/mol. The first-order valence-electron chi connectivity index (χ1n) is 8.57. The molecular weight excluding hydrogens is 305 g/mol. The molecule has 130 valence electrons. The summed E-state index contributed by atoms with van der Waals surface area (Å²) in [6, 6.07) is 6.93. The van der Waals surface area contributed by atoms with Crippen molar-refractivity contribution in [3.8, 4) is 0 Å². The van der Waals surface area contributed by atoms with Crippen molar-refractivity contribution in [3.05, 3.63) is 53.9 Å². The van der Waals surface area contributed by atoms with Gasteiger partial charge in [0.2, 0.25) is 0 Å². The second kappa shape index (κ2) is 7.88. The summed E-state index contributed by atoms with van der Waals surface area (Å²) in [6.07, 6.45) is 3.83. The fourth-order valence-corrected chi connectivity index (χ4v) is 3.19. The molecule has 6 heteroatoms. The first kappa shape index (κ1) is 17.1. The van der Waals surface area contributed by atoms with Crippen LogP contribution in [0, 0.1) is 17.7 Å². The lowest BCUT2D eigenvalue weighted by Gasteiger charge is -2.19. The largest absolute Gasteiger partial charge is 0.333 e. The lowest BCUT2D eigenvalue weighted by Crippen LogP contribution is -2.29. The summed E-state index contributed by atoms with van der Waals surface area (Å²) in [4.78, 5) is 4.26. The molecule has 3 rings (SSSR count). The third-order valence-corrected chi connectivity index (χ3v) is 4.40. The van der Waals surface area contributed by atoms with Gasteiger partial charge in [0.05, 0.1) is 18.1 Å². The molecule has 2 unspecified atom stereocenters. The number of benzene rings is 1. The summed E-state index contributed by atoms with van der Waals surface area (Å²) in [5.74, 6) is 0.818. The van der Waals surface area contributed by atoms with Crippen LogP contribution in [0.1, 0.15) is 31.1 Å². The van der Waals surface area contributed by atoms with Crippen LogP contribution in [-0.4, -0.2) is 22.6 Å². The van der Waals surface area contributed by atoms with E-state index in [1.165, 1.54) is 17.8 Å². The molecule has 0 aliphatic carbocycles. The van der Waals surface area contributed by atoms with E-state index in [9.17, 15) is 4.39 Å². The minimum atomic E-state index is -0.196. The molecule has 1 fully saturated rings. The van der Waals surface area contributed by atoms with Crippen LogP contribution < -0.4 is 16.2 Å². The number of hydrazine groups is 1. The molecule has 0 radical (unpaired) electrons. The molecule has 0 bridgehead atoms. The van der Waals surface area contributed by atoms with E-state index in [1.807, 2.05) is 24.7 Å². The first-order valence-corrected chi connectivity index (χ1v) is 8.57. The minimum Gasteiger partial charge on any atom is -0.333 e. The molecule has 1 aliphatic heterocycles. The molecule has 0 amide bonds. The predicted octanol–water partition coefficient (Wildman–Crippen LogP) is 2.23. The number of nitrogens with zero attached hydrogens (tertiary/aromatic N) is 2. The summed E-state index contributed by atoms with van der Waals surface area (Å²) in [5.41, 5.74) is 8.83. The molecule has 2 aromatic rings. The highest BCUT2D eigenvalue weighted by molar-refractivity contribution is 5.21. The normalized spacial score (nSPS) is 20.8. The van der Waals surface area contributed by atoms with Gasteiger partial charge in [-0.15, -0.1) is 0 Å². The Hall–Kier alpha value is -1.76. The molecule has 1 aliphatic rings. The predicted molar refractivity (Wildman–Crippen MR) is 92.5 cm³/mol. The number of rotatable bonds is 7. The van der Waals surface area contributed by atoms with Crippen molar-refractivity contribution in [1.29, 1.82) is 0 Å². The Bertz CT molecular complexity index is 637. The van der Waals surface area contributed by atoms with Crippen LogP contribution in [0.3, 0.4) is 0 Å². The lowest BCUT2D eigenvalue weighted by atomic mass is 9.95. The number of aromatic nitrogens is 2. The number of imidazole rings is 1. The van der Waals surface area contributed by atoms with Crippen LogP contribution in [0.5, 0.6) is 0 Å². The van der Waals surface area contributed by atoms with Crippen LogP contribution in [-0.2, 0) is 13.1 Å². The Kier molecular flexibility index (Phi) is 5.60. The highest BCUT2D eigenvalue weighted by Gasteiger charge is 2.27. The molecule has 0 saturated carbocycles. The van der Waals surface area contributed by atoms with E-state index in [1.54, 1.807) is 0 Å². The van der Waals surface area contributed by atoms with E-state index < -0.39 is 0 Å². The fourth-order valence-electron chi connectivity index (χ4n) is 3.19. The van der Waals surface area contributed by atoms with Crippen molar-refractivity contribution in [1.82, 2.24) is 25.7 Å². The van der Waals surface area contributed by atoms with Gasteiger partial charge < -0.3 is 9.88 Å². The van der Waals surface area contributed by atoms with Gasteiger partial charge in [-0.2, -0.15) is 0 Å². The van der Waals surface area contributed by atoms with E-state index in [-0.39, 0.29) is 11.9 Å². The molecule has 5 nitrogen and oxygen atoms in total. The van der Waals surface area contributed by atoms with Crippen molar-refractivity contribution >= 4 is 0 Å². The lowest BCUT2D eigenvalue weighted by molar-refractivity contribution is 0.433. The van der Waals surface area contributed by atoms with Crippen LogP contribution in [0.25, 0.3) is 0 Å². The maximum absolute atomic E-state index is 13.1. The maximum atomic E-state index is 13.1. The van der Waals surface area contributed by atoms with Crippen molar-refractivity contribution in [2.24, 2.45) is 11.8 Å². The zero-order valence-electron chi connectivity index (χ0n) is 14.3. The van der Waals surface area contributed by atoms with Gasteiger partial charge in [-0.25, -0.2) is 14.8 Å². The Morgan fingerprint density at radius 2 is 2.12 bits per heavy atom. The third-order valence-electron chi connectivity index (χ3n) is 4.40. The van der Waals surface area contributed by atoms with E-state index in [4.69, 9.17) is 0 Å². The molecule has 2 heterocycles. The topological polar surface area (TPSA) is 53.9 Å². The summed E-state index contributed by atoms with van der Waals surface area (Å²) >= 11 is 0. The van der Waals surface area contributed by atoms with E-state index in [2.05, 4.69) is 39.6 Å². The van der Waals surface area contributed by atoms with Gasteiger partial charge in [-0.05, 0) is 23.6 Å². The van der Waals surface area contributed by atoms with Crippen molar-refractivity contribution < 1.29 is 4.39 Å². The molecule has 1 aromatic carbocycles. The van der Waals surface area contributed by atoms with Gasteiger partial charge in [-0.1, -0.05) is 26.0 Å². The highest BCUT2D eigenvalue weighted by atomic mass is 19.1. The Balaban J connectivity index is 1.54. The highest BCUT2D eigenvalue weighted by Crippen LogP contribution is 2.24. The van der Waals surface area contributed by atoms with Gasteiger partial charge in [0.25, 0.3) is 0 Å². The molecule has 2 atom stereocenters. The third kappa shape index (κ3) is 4.20. The first-order chi connectivity index (χ1) is 11.6. The molecule has 24 heavy (non-hydrogen) atoms. The van der Waals surface area contributed by atoms with Gasteiger partial charge in [0.1, 0.15) is 5.82 Å². The minimum absolute atomic E-state index is 0.193. The molecular formula is C18H26FN5. The monoisotopic (exact) mass is 331 g/mol. The van der Waals surface area contributed by atoms with Crippen LogP contribution in [0.15, 0.2) is 36.8 Å². The second-order valence-corrected chi connectivity index (χ2v) is 6.88. The molecule has 3 N–H and O–H groups in total. The number of hydrogen-bond donors (Lipinski definition) is 3. The Morgan fingerprint density at radius 3 is 2.88 bits per heavy atom. The number of nitrogens with one attached hydrogen (secondary N) is 3. The number of hydrogen-bond acceptors (Lipinski definition) is 4. The van der Waals surface area contributed by atoms with Gasteiger partial charge in [-0.3, -0.25) is 5.43 Å². The average Bonchev–Trinajstić information content (AvgIpc) is 3.18. The van der Waals surface area contributed by atoms with Crippen molar-refractivity contribution in [3.63, 3.8) is 0 Å². The quantitative estimate of drug-likeness (QED) is 0.728. The molecule has 0 spiro atoms. The van der Waals surface area contributed by atoms with E-state index >= 15 is 0 Å². The zero-order chi connectivity index (χ0) is 16.9. The van der Waals surface area contributed by atoms with Gasteiger partial charge in [0.15, 0.2) is 0 Å². The standard InChI is InChI=1S/C18H26FN5/c1-13(2)11-24-12-21-10-17(24)9-20-7-15-8-22-23-18(15)14-3-5-16(19)6-4-14/h3-6,10,12-13,15,18,20,22-23H,7-9,11H2,1-2H3. The SMILES string of the molecule is CC(C)Cn1cncc1CNCC1CNNC1c1ccc(F)cc1. The van der Waals surface area contributed by atoms with Crippen molar-refractivity contribution in [2.45, 2.75) is 33.0 Å². The molecule has 1 aromatic heterocycles. The van der Waals surface area contributed by atoms with E-state index in [0.29, 0.717) is 11.8 Å².